The summed E-state index contributed by atoms with van der Waals surface area (Å²) in [7, 11) is 1.32. The van der Waals surface area contributed by atoms with Crippen LogP contribution >= 0.6 is 27.3 Å². The van der Waals surface area contributed by atoms with Crippen molar-refractivity contribution in [3.8, 4) is 11.8 Å². The first-order chi connectivity index (χ1) is 14.2. The van der Waals surface area contributed by atoms with E-state index >= 15 is 0 Å². The van der Waals surface area contributed by atoms with Gasteiger partial charge in [0.2, 0.25) is 0 Å². The Morgan fingerprint density at radius 1 is 1.43 bits per heavy atom. The molecule has 0 radical (unpaired) electrons. The minimum Gasteiger partial charge on any atom is -0.481 e. The zero-order chi connectivity index (χ0) is 21.9. The van der Waals surface area contributed by atoms with Crippen molar-refractivity contribution < 1.29 is 14.3 Å². The largest absolute Gasteiger partial charge is 0.481 e. The lowest BCUT2D eigenvalue weighted by Gasteiger charge is -2.33. The average molecular weight is 489 g/mol. The molecular formula is C23H25BrN2O3S. The van der Waals surface area contributed by atoms with E-state index in [1.165, 1.54) is 12.0 Å². The number of carbonyl (C=O) groups excluding carboxylic acids is 1. The lowest BCUT2D eigenvalue weighted by Crippen LogP contribution is -2.26. The number of aliphatic imine (C=N–C) groups is 1. The van der Waals surface area contributed by atoms with Gasteiger partial charge in [-0.2, -0.15) is 5.26 Å². The van der Waals surface area contributed by atoms with Crippen molar-refractivity contribution >= 4 is 44.5 Å². The summed E-state index contributed by atoms with van der Waals surface area (Å²) in [5.41, 5.74) is 2.81. The molecule has 5 nitrogen and oxygen atoms in total. The molecule has 0 unspecified atom stereocenters. The fourth-order valence-electron chi connectivity index (χ4n) is 3.59. The molecule has 30 heavy (non-hydrogen) atoms. The van der Waals surface area contributed by atoms with Crippen molar-refractivity contribution in [1.29, 1.82) is 5.26 Å². The number of ether oxygens (including phenoxy) is 2. The average Bonchev–Trinajstić information content (AvgIpc) is 3.07. The molecule has 7 heteroatoms. The number of rotatable bonds is 5. The molecule has 0 bridgehead atoms. The van der Waals surface area contributed by atoms with Gasteiger partial charge in [0.05, 0.1) is 12.7 Å². The number of esters is 1. The van der Waals surface area contributed by atoms with E-state index in [1.807, 2.05) is 12.1 Å². The number of nitriles is 1. The normalized spacial score (nSPS) is 16.2. The number of carbonyl (C=O) groups is 1. The second-order valence-corrected chi connectivity index (χ2v) is 10.4. The number of benzene rings is 1. The maximum atomic E-state index is 11.4. The Morgan fingerprint density at radius 2 is 2.20 bits per heavy atom. The quantitative estimate of drug-likeness (QED) is 0.391. The van der Waals surface area contributed by atoms with E-state index in [1.54, 1.807) is 23.6 Å². The summed E-state index contributed by atoms with van der Waals surface area (Å²) in [5.74, 6) is 0.683. The summed E-state index contributed by atoms with van der Waals surface area (Å²) in [6, 6.07) is 7.83. The van der Waals surface area contributed by atoms with Gasteiger partial charge in [-0.05, 0) is 54.4 Å². The molecule has 0 saturated heterocycles. The number of hydrogen-bond acceptors (Lipinski definition) is 6. The number of hydrogen-bond donors (Lipinski definition) is 0. The molecule has 0 amide bonds. The topological polar surface area (TPSA) is 71.7 Å². The molecule has 1 aromatic heterocycles. The molecule has 1 aromatic carbocycles. The number of thiophene rings is 1. The highest BCUT2D eigenvalue weighted by molar-refractivity contribution is 9.10. The monoisotopic (exact) mass is 488 g/mol. The molecule has 1 aliphatic rings. The van der Waals surface area contributed by atoms with Crippen molar-refractivity contribution in [1.82, 2.24) is 0 Å². The van der Waals surface area contributed by atoms with Crippen LogP contribution in [0.4, 0.5) is 5.00 Å². The van der Waals surface area contributed by atoms with Gasteiger partial charge in [-0.25, -0.2) is 9.79 Å². The molecule has 0 N–H and O–H groups in total. The minimum atomic E-state index is -0.452. The second kappa shape index (κ2) is 9.32. The van der Waals surface area contributed by atoms with Gasteiger partial charge >= 0.3 is 5.97 Å². The predicted octanol–water partition coefficient (Wildman–Crippen LogP) is 5.84. The van der Waals surface area contributed by atoms with Gasteiger partial charge in [0.1, 0.15) is 16.8 Å². The van der Waals surface area contributed by atoms with E-state index in [-0.39, 0.29) is 12.0 Å². The van der Waals surface area contributed by atoms with Crippen LogP contribution in [0.25, 0.3) is 0 Å². The van der Waals surface area contributed by atoms with Crippen LogP contribution in [0.15, 0.2) is 27.7 Å². The van der Waals surface area contributed by atoms with Gasteiger partial charge in [-0.15, -0.1) is 11.3 Å². The van der Waals surface area contributed by atoms with Gasteiger partial charge in [-0.3, -0.25) is 0 Å². The Balaban J connectivity index is 1.89. The van der Waals surface area contributed by atoms with Crippen molar-refractivity contribution in [3.05, 3.63) is 44.2 Å². The Hall–Kier alpha value is -2.17. The minimum absolute atomic E-state index is 0.177. The van der Waals surface area contributed by atoms with Crippen LogP contribution in [-0.2, 0) is 22.4 Å². The summed E-state index contributed by atoms with van der Waals surface area (Å²) >= 11 is 5.07. The third-order valence-corrected chi connectivity index (χ3v) is 7.10. The highest BCUT2D eigenvalue weighted by Gasteiger charge is 2.32. The van der Waals surface area contributed by atoms with Crippen LogP contribution in [0.2, 0.25) is 0 Å². The van der Waals surface area contributed by atoms with E-state index in [0.29, 0.717) is 17.2 Å². The number of halogens is 1. The molecule has 1 atom stereocenters. The third kappa shape index (κ3) is 5.11. The van der Waals surface area contributed by atoms with Gasteiger partial charge in [0, 0.05) is 21.1 Å². The van der Waals surface area contributed by atoms with Crippen molar-refractivity contribution in [3.63, 3.8) is 0 Å². The van der Waals surface area contributed by atoms with Crippen LogP contribution in [0.1, 0.15) is 48.8 Å². The summed E-state index contributed by atoms with van der Waals surface area (Å²) in [6.45, 7) is 6.67. The van der Waals surface area contributed by atoms with E-state index in [9.17, 15) is 10.1 Å². The summed E-state index contributed by atoms with van der Waals surface area (Å²) in [4.78, 5) is 17.3. The van der Waals surface area contributed by atoms with Crippen LogP contribution in [0.3, 0.4) is 0 Å². The molecule has 2 aromatic rings. The Morgan fingerprint density at radius 3 is 2.87 bits per heavy atom. The zero-order valence-electron chi connectivity index (χ0n) is 17.6. The highest BCUT2D eigenvalue weighted by Crippen LogP contribution is 2.45. The first-order valence-electron chi connectivity index (χ1n) is 9.80. The number of nitrogens with zero attached hydrogens (tertiary/aromatic N) is 2. The fourth-order valence-corrected chi connectivity index (χ4v) is 5.19. The van der Waals surface area contributed by atoms with Crippen molar-refractivity contribution in [2.24, 2.45) is 16.3 Å². The van der Waals surface area contributed by atoms with Crippen LogP contribution in [0.5, 0.6) is 5.75 Å². The van der Waals surface area contributed by atoms with Crippen LogP contribution in [0, 0.1) is 22.7 Å². The van der Waals surface area contributed by atoms with Crippen molar-refractivity contribution in [2.75, 3.05) is 13.7 Å². The van der Waals surface area contributed by atoms with Gasteiger partial charge in [-0.1, -0.05) is 36.7 Å². The summed E-state index contributed by atoms with van der Waals surface area (Å²) < 4.78 is 11.1. The van der Waals surface area contributed by atoms with Crippen LogP contribution < -0.4 is 4.74 Å². The standard InChI is InChI=1S/C23H25BrN2O3S/c1-23(2,3)15-5-7-17-18(11-25)22(30-20(17)10-15)26-12-14-9-16(24)6-8-19(14)29-13-21(27)28-4/h6,8-9,12,15H,5,7,10,13H2,1-4H3/t15-/m0/s1. The summed E-state index contributed by atoms with van der Waals surface area (Å²) in [6.07, 6.45) is 4.72. The van der Waals surface area contributed by atoms with Gasteiger partial charge < -0.3 is 9.47 Å². The van der Waals surface area contributed by atoms with Gasteiger partial charge in [0.15, 0.2) is 6.61 Å². The molecule has 0 fully saturated rings. The predicted molar refractivity (Wildman–Crippen MR) is 123 cm³/mol. The van der Waals surface area contributed by atoms with E-state index in [0.717, 1.165) is 39.9 Å². The third-order valence-electron chi connectivity index (χ3n) is 5.45. The summed E-state index contributed by atoms with van der Waals surface area (Å²) in [5, 5.41) is 10.5. The van der Waals surface area contributed by atoms with Crippen LogP contribution in [-0.4, -0.2) is 25.9 Å². The SMILES string of the molecule is COC(=O)COc1ccc(Br)cc1C=Nc1sc2c(c1C#N)CC[C@H](C(C)(C)C)C2. The maximum absolute atomic E-state index is 11.4. The zero-order valence-corrected chi connectivity index (χ0v) is 20.0. The molecule has 158 valence electrons. The van der Waals surface area contributed by atoms with E-state index < -0.39 is 5.97 Å². The molecule has 0 aliphatic heterocycles. The fraction of sp³-hybridized carbons (Fsp3) is 0.435. The van der Waals surface area contributed by atoms with E-state index in [2.05, 4.69) is 52.5 Å². The molecule has 1 heterocycles. The Labute approximate surface area is 189 Å². The molecule has 0 saturated carbocycles. The number of methoxy groups -OCH3 is 1. The number of fused-ring (bicyclic) bond motifs is 1. The Bertz CT molecular complexity index is 1010. The smallest absolute Gasteiger partial charge is 0.343 e. The molecule has 3 rings (SSSR count). The first kappa shape index (κ1) is 22.5. The lowest BCUT2D eigenvalue weighted by molar-refractivity contribution is -0.142. The van der Waals surface area contributed by atoms with E-state index in [4.69, 9.17) is 4.74 Å². The maximum Gasteiger partial charge on any atom is 0.343 e. The molecular weight excluding hydrogens is 464 g/mol. The lowest BCUT2D eigenvalue weighted by atomic mass is 9.72. The second-order valence-electron chi connectivity index (χ2n) is 8.41. The first-order valence-corrected chi connectivity index (χ1v) is 11.4. The Kier molecular flexibility index (Phi) is 6.99. The van der Waals surface area contributed by atoms with Gasteiger partial charge in [0.25, 0.3) is 0 Å². The molecule has 1 aliphatic carbocycles. The molecule has 0 spiro atoms. The highest BCUT2D eigenvalue weighted by atomic mass is 79.9. The van der Waals surface area contributed by atoms with Crippen molar-refractivity contribution in [2.45, 2.75) is 40.0 Å².